The Balaban J connectivity index is 2.22. The van der Waals surface area contributed by atoms with Crippen LogP contribution in [-0.2, 0) is 20.7 Å². The lowest BCUT2D eigenvalue weighted by molar-refractivity contribution is -0.150. The van der Waals surface area contributed by atoms with Crippen molar-refractivity contribution in [1.29, 1.82) is 0 Å². The average molecular weight is 319 g/mol. The lowest BCUT2D eigenvalue weighted by Gasteiger charge is -2.17. The van der Waals surface area contributed by atoms with Crippen LogP contribution in [0.1, 0.15) is 25.0 Å². The van der Waals surface area contributed by atoms with Crippen LogP contribution in [0.25, 0.3) is 6.08 Å². The van der Waals surface area contributed by atoms with Crippen LogP contribution >= 0.6 is 0 Å². The second-order valence-corrected chi connectivity index (χ2v) is 5.46. The largest absolute Gasteiger partial charge is 0.493 e. The molecular weight excluding hydrogens is 298 g/mol. The zero-order valence-electron chi connectivity index (χ0n) is 13.8. The van der Waals surface area contributed by atoms with Gasteiger partial charge >= 0.3 is 5.97 Å². The van der Waals surface area contributed by atoms with E-state index in [4.69, 9.17) is 14.2 Å². The Kier molecular flexibility index (Phi) is 5.26. The molecule has 0 N–H and O–H groups in total. The molecule has 1 aliphatic heterocycles. The van der Waals surface area contributed by atoms with Crippen molar-refractivity contribution < 1.29 is 23.8 Å². The van der Waals surface area contributed by atoms with Crippen molar-refractivity contribution in [3.8, 4) is 11.5 Å². The highest BCUT2D eigenvalue weighted by atomic mass is 16.5. The van der Waals surface area contributed by atoms with Gasteiger partial charge in [0, 0.05) is 6.20 Å². The molecule has 1 aromatic rings. The topological polar surface area (TPSA) is 65.1 Å². The van der Waals surface area contributed by atoms with E-state index in [2.05, 4.69) is 0 Å². The Labute approximate surface area is 135 Å². The molecule has 6 heteroatoms. The van der Waals surface area contributed by atoms with Crippen molar-refractivity contribution in [2.45, 2.75) is 26.4 Å². The minimum atomic E-state index is -0.431. The molecule has 1 amide bonds. The van der Waals surface area contributed by atoms with Gasteiger partial charge in [-0.3, -0.25) is 9.59 Å². The number of nitrogens with zero attached hydrogens (tertiary/aromatic N) is 1. The van der Waals surface area contributed by atoms with Gasteiger partial charge in [-0.05, 0) is 43.2 Å². The summed E-state index contributed by atoms with van der Waals surface area (Å²) in [5.74, 6) is 0.558. The Morgan fingerprint density at radius 3 is 2.48 bits per heavy atom. The summed E-state index contributed by atoms with van der Waals surface area (Å²) in [7, 11) is 3.11. The highest BCUT2D eigenvalue weighted by Gasteiger charge is 2.22. The molecule has 0 saturated carbocycles. The summed E-state index contributed by atoms with van der Waals surface area (Å²) in [6.45, 7) is 3.44. The summed E-state index contributed by atoms with van der Waals surface area (Å²) in [6, 6.07) is 3.60. The van der Waals surface area contributed by atoms with Gasteiger partial charge < -0.3 is 19.1 Å². The molecule has 0 unspecified atom stereocenters. The molecule has 2 rings (SSSR count). The van der Waals surface area contributed by atoms with E-state index >= 15 is 0 Å². The molecule has 1 aromatic carbocycles. The number of hydrogen-bond donors (Lipinski definition) is 0. The normalized spacial score (nSPS) is 13.6. The maximum Gasteiger partial charge on any atom is 0.326 e. The van der Waals surface area contributed by atoms with E-state index in [0.29, 0.717) is 11.5 Å². The number of rotatable bonds is 5. The number of methoxy groups -OCH3 is 2. The van der Waals surface area contributed by atoms with Crippen LogP contribution in [-0.4, -0.2) is 43.6 Å². The molecule has 0 radical (unpaired) electrons. The van der Waals surface area contributed by atoms with E-state index in [1.165, 1.54) is 4.90 Å². The third-order valence-electron chi connectivity index (χ3n) is 3.41. The Morgan fingerprint density at radius 1 is 1.22 bits per heavy atom. The number of carbonyl (C=O) groups excluding carboxylic acids is 2. The lowest BCUT2D eigenvalue weighted by atomic mass is 10.0. The number of amides is 1. The van der Waals surface area contributed by atoms with Gasteiger partial charge in [-0.1, -0.05) is 0 Å². The first kappa shape index (κ1) is 16.9. The summed E-state index contributed by atoms with van der Waals surface area (Å²) < 4.78 is 15.6. The van der Waals surface area contributed by atoms with Crippen molar-refractivity contribution in [2.24, 2.45) is 0 Å². The SMILES string of the molecule is COc1cc2c(cc1OC)CC(=O)N(CC(=O)OC(C)C)C=C2. The van der Waals surface area contributed by atoms with Gasteiger partial charge in [-0.2, -0.15) is 0 Å². The maximum atomic E-state index is 12.3. The number of fused-ring (bicyclic) bond motifs is 1. The van der Waals surface area contributed by atoms with Crippen LogP contribution in [0.3, 0.4) is 0 Å². The minimum Gasteiger partial charge on any atom is -0.493 e. The van der Waals surface area contributed by atoms with E-state index in [-0.39, 0.29) is 25.0 Å². The molecule has 1 aliphatic rings. The standard InChI is InChI=1S/C17H21NO5/c1-11(2)23-17(20)10-18-6-5-12-7-14(21-3)15(22-4)8-13(12)9-16(18)19/h5-8,11H,9-10H2,1-4H3. The van der Waals surface area contributed by atoms with E-state index in [9.17, 15) is 9.59 Å². The van der Waals surface area contributed by atoms with Crippen LogP contribution in [0.5, 0.6) is 11.5 Å². The molecule has 0 fully saturated rings. The predicted octanol–water partition coefficient (Wildman–Crippen LogP) is 2.01. The van der Waals surface area contributed by atoms with Crippen molar-refractivity contribution in [2.75, 3.05) is 20.8 Å². The number of benzene rings is 1. The molecule has 0 aliphatic carbocycles. The van der Waals surface area contributed by atoms with Crippen molar-refractivity contribution >= 4 is 18.0 Å². The van der Waals surface area contributed by atoms with E-state index in [1.54, 1.807) is 46.4 Å². The number of esters is 1. The van der Waals surface area contributed by atoms with Gasteiger partial charge in [0.15, 0.2) is 11.5 Å². The summed E-state index contributed by atoms with van der Waals surface area (Å²) >= 11 is 0. The third-order valence-corrected chi connectivity index (χ3v) is 3.41. The fourth-order valence-electron chi connectivity index (χ4n) is 2.34. The van der Waals surface area contributed by atoms with Crippen LogP contribution in [0, 0.1) is 0 Å². The molecule has 0 bridgehead atoms. The van der Waals surface area contributed by atoms with Crippen LogP contribution < -0.4 is 9.47 Å². The van der Waals surface area contributed by atoms with Gasteiger partial charge in [0.1, 0.15) is 6.54 Å². The van der Waals surface area contributed by atoms with E-state index in [1.807, 2.05) is 6.07 Å². The van der Waals surface area contributed by atoms with Gasteiger partial charge in [0.05, 0.1) is 26.7 Å². The van der Waals surface area contributed by atoms with Crippen LogP contribution in [0.2, 0.25) is 0 Å². The molecule has 0 spiro atoms. The second-order valence-electron chi connectivity index (χ2n) is 5.46. The monoisotopic (exact) mass is 319 g/mol. The van der Waals surface area contributed by atoms with Gasteiger partial charge in [0.2, 0.25) is 5.91 Å². The molecule has 124 valence electrons. The fraction of sp³-hybridized carbons (Fsp3) is 0.412. The molecular formula is C17H21NO5. The maximum absolute atomic E-state index is 12.3. The zero-order chi connectivity index (χ0) is 17.0. The highest BCUT2D eigenvalue weighted by molar-refractivity contribution is 5.87. The Morgan fingerprint density at radius 2 is 1.87 bits per heavy atom. The first-order valence-corrected chi connectivity index (χ1v) is 7.36. The Hall–Kier alpha value is -2.50. The zero-order valence-corrected chi connectivity index (χ0v) is 13.8. The van der Waals surface area contributed by atoms with Crippen LogP contribution in [0.4, 0.5) is 0 Å². The molecule has 6 nitrogen and oxygen atoms in total. The molecule has 23 heavy (non-hydrogen) atoms. The van der Waals surface area contributed by atoms with E-state index < -0.39 is 5.97 Å². The average Bonchev–Trinajstić information content (AvgIpc) is 2.64. The fourth-order valence-corrected chi connectivity index (χ4v) is 2.34. The van der Waals surface area contributed by atoms with Crippen LogP contribution in [0.15, 0.2) is 18.3 Å². The van der Waals surface area contributed by atoms with E-state index in [0.717, 1.165) is 11.1 Å². The molecule has 0 atom stereocenters. The quantitative estimate of drug-likeness (QED) is 0.777. The molecule has 0 saturated heterocycles. The molecule has 1 heterocycles. The first-order chi connectivity index (χ1) is 10.9. The molecule has 0 aromatic heterocycles. The van der Waals surface area contributed by atoms with Gasteiger partial charge in [-0.15, -0.1) is 0 Å². The summed E-state index contributed by atoms with van der Waals surface area (Å²) in [4.78, 5) is 25.5. The first-order valence-electron chi connectivity index (χ1n) is 7.36. The Bertz CT molecular complexity index is 636. The summed E-state index contributed by atoms with van der Waals surface area (Å²) in [5.41, 5.74) is 1.68. The predicted molar refractivity (Wildman–Crippen MR) is 85.2 cm³/mol. The van der Waals surface area contributed by atoms with Gasteiger partial charge in [-0.25, -0.2) is 0 Å². The summed E-state index contributed by atoms with van der Waals surface area (Å²) in [5, 5.41) is 0. The van der Waals surface area contributed by atoms with Gasteiger partial charge in [0.25, 0.3) is 0 Å². The number of ether oxygens (including phenoxy) is 3. The minimum absolute atomic E-state index is 0.101. The van der Waals surface area contributed by atoms with Crippen molar-refractivity contribution in [3.05, 3.63) is 29.5 Å². The number of hydrogen-bond acceptors (Lipinski definition) is 5. The smallest absolute Gasteiger partial charge is 0.326 e. The highest BCUT2D eigenvalue weighted by Crippen LogP contribution is 2.32. The lowest BCUT2D eigenvalue weighted by Crippen LogP contribution is -2.33. The number of carbonyl (C=O) groups is 2. The summed E-state index contributed by atoms with van der Waals surface area (Å²) in [6.07, 6.45) is 3.35. The van der Waals surface area contributed by atoms with Crippen molar-refractivity contribution in [1.82, 2.24) is 4.90 Å². The second kappa shape index (κ2) is 7.17. The van der Waals surface area contributed by atoms with Crippen molar-refractivity contribution in [3.63, 3.8) is 0 Å². The third kappa shape index (κ3) is 4.03.